The molecular weight excluding hydrogens is 498 g/mol. The fourth-order valence-corrected chi connectivity index (χ4v) is 6.78. The van der Waals surface area contributed by atoms with Crippen LogP contribution in [0, 0.1) is 17.5 Å². The Morgan fingerprint density at radius 2 is 1.68 bits per heavy atom. The highest BCUT2D eigenvalue weighted by Crippen LogP contribution is 2.36. The van der Waals surface area contributed by atoms with E-state index in [1.54, 1.807) is 0 Å². The Morgan fingerprint density at radius 3 is 2.26 bits per heavy atom. The number of hydrogen-bond donors (Lipinski definition) is 1. The Bertz CT molecular complexity index is 1090. The van der Waals surface area contributed by atoms with Crippen molar-refractivity contribution in [1.82, 2.24) is 9.21 Å². The molecule has 0 radical (unpaired) electrons. The molecule has 1 amide bonds. The van der Waals surface area contributed by atoms with Crippen LogP contribution in [0.4, 0.5) is 13.2 Å². The minimum atomic E-state index is -3.84. The Labute approximate surface area is 191 Å². The van der Waals surface area contributed by atoms with Crippen molar-refractivity contribution in [3.8, 4) is 0 Å². The number of amides is 1. The lowest BCUT2D eigenvalue weighted by atomic mass is 10.0. The van der Waals surface area contributed by atoms with Gasteiger partial charge in [-0.1, -0.05) is 23.2 Å². The van der Waals surface area contributed by atoms with Crippen molar-refractivity contribution in [3.63, 3.8) is 0 Å². The number of piperazine rings is 1. The summed E-state index contributed by atoms with van der Waals surface area (Å²) < 4.78 is 67.1. The summed E-state index contributed by atoms with van der Waals surface area (Å²) in [6.07, 6.45) is -0.308. The topological polar surface area (TPSA) is 83.7 Å². The lowest BCUT2D eigenvalue weighted by Crippen LogP contribution is -2.51. The van der Waals surface area contributed by atoms with E-state index >= 15 is 0 Å². The number of hydrogen-bond acceptors (Lipinski definition) is 5. The second-order valence-electron chi connectivity index (χ2n) is 7.00. The monoisotopic (exact) mass is 515 g/mol. The van der Waals surface area contributed by atoms with Crippen LogP contribution in [0.25, 0.3) is 0 Å². The van der Waals surface area contributed by atoms with Crippen LogP contribution in [0.15, 0.2) is 23.1 Å². The molecule has 0 bridgehead atoms. The smallest absolute Gasteiger partial charge is 0.245 e. The van der Waals surface area contributed by atoms with Gasteiger partial charge < -0.3 is 10.6 Å². The number of sulfonamides is 1. The second-order valence-corrected chi connectivity index (χ2v) is 11.2. The minimum Gasteiger partial charge on any atom is -0.340 e. The van der Waals surface area contributed by atoms with Gasteiger partial charge in [0.1, 0.15) is 15.0 Å². The van der Waals surface area contributed by atoms with Crippen LogP contribution < -0.4 is 5.73 Å². The highest BCUT2D eigenvalue weighted by Gasteiger charge is 2.33. The first-order valence-electron chi connectivity index (χ1n) is 9.10. The fraction of sp³-hybridized carbons (Fsp3) is 0.389. The summed E-state index contributed by atoms with van der Waals surface area (Å²) in [6.45, 7) is 0.398. The summed E-state index contributed by atoms with van der Waals surface area (Å²) in [5.74, 6) is -3.78. The summed E-state index contributed by atoms with van der Waals surface area (Å²) in [5, 5.41) is 0. The number of halogens is 5. The van der Waals surface area contributed by atoms with Gasteiger partial charge in [0.2, 0.25) is 15.9 Å². The zero-order chi connectivity index (χ0) is 22.9. The molecule has 0 saturated carbocycles. The van der Waals surface area contributed by atoms with Crippen molar-refractivity contribution in [2.24, 2.45) is 5.73 Å². The maximum Gasteiger partial charge on any atom is 0.245 e. The van der Waals surface area contributed by atoms with E-state index in [-0.39, 0.29) is 64.1 Å². The molecule has 2 aromatic rings. The highest BCUT2D eigenvalue weighted by atomic mass is 35.5. The predicted molar refractivity (Wildman–Crippen MR) is 112 cm³/mol. The molecule has 1 fully saturated rings. The molecule has 0 aliphatic carbocycles. The number of rotatable bonds is 6. The van der Waals surface area contributed by atoms with E-state index in [0.717, 1.165) is 17.4 Å². The van der Waals surface area contributed by atoms with Gasteiger partial charge in [0, 0.05) is 44.7 Å². The molecule has 2 heterocycles. The highest BCUT2D eigenvalue weighted by molar-refractivity contribution is 7.89. The third-order valence-corrected chi connectivity index (χ3v) is 8.49. The van der Waals surface area contributed by atoms with Gasteiger partial charge in [-0.15, -0.1) is 11.3 Å². The van der Waals surface area contributed by atoms with Crippen LogP contribution >= 0.6 is 34.5 Å². The van der Waals surface area contributed by atoms with Gasteiger partial charge in [0.05, 0.1) is 4.34 Å². The molecule has 2 N–H and O–H groups in total. The largest absolute Gasteiger partial charge is 0.340 e. The fourth-order valence-electron chi connectivity index (χ4n) is 3.25. The van der Waals surface area contributed by atoms with E-state index in [0.29, 0.717) is 6.07 Å². The van der Waals surface area contributed by atoms with Crippen LogP contribution in [-0.4, -0.2) is 55.8 Å². The number of carbonyl (C=O) groups is 1. The molecule has 1 aliphatic heterocycles. The Hall–Kier alpha value is -1.37. The van der Waals surface area contributed by atoms with E-state index in [2.05, 4.69) is 0 Å². The molecule has 0 unspecified atom stereocenters. The Balaban J connectivity index is 1.57. The van der Waals surface area contributed by atoms with Gasteiger partial charge in [0.15, 0.2) is 11.6 Å². The first kappa shape index (κ1) is 24.3. The van der Waals surface area contributed by atoms with Crippen molar-refractivity contribution < 1.29 is 26.4 Å². The molecular formula is C18H18Cl2F3N3O3S2. The standard InChI is InChI=1S/C18H18Cl2F3N3O3S2/c19-16-9-15(18(20)30-16)31(28,29)26-3-1-25(2-4-26)17(27)7-11(24)5-10-6-13(22)14(23)8-12(10)21/h6,8-9,11H,1-5,7,24H2/t11-/m1/s1. The van der Waals surface area contributed by atoms with Gasteiger partial charge >= 0.3 is 0 Å². The molecule has 6 nitrogen and oxygen atoms in total. The third kappa shape index (κ3) is 5.52. The van der Waals surface area contributed by atoms with Gasteiger partial charge in [-0.25, -0.2) is 21.6 Å². The Morgan fingerprint density at radius 1 is 1.06 bits per heavy atom. The normalized spacial score (nSPS) is 16.5. The molecule has 1 aromatic heterocycles. The zero-order valence-corrected chi connectivity index (χ0v) is 19.1. The Kier molecular flexibility index (Phi) is 7.54. The van der Waals surface area contributed by atoms with Crippen molar-refractivity contribution in [1.29, 1.82) is 0 Å². The first-order chi connectivity index (χ1) is 14.5. The van der Waals surface area contributed by atoms with Gasteiger partial charge in [-0.2, -0.15) is 4.31 Å². The SMILES string of the molecule is N[C@@H](CC(=O)N1CCN(S(=O)(=O)c2cc(Cl)sc2Cl)CC1)Cc1cc(F)c(F)cc1F. The maximum absolute atomic E-state index is 13.8. The van der Waals surface area contributed by atoms with Crippen LogP contribution in [-0.2, 0) is 21.2 Å². The molecule has 0 spiro atoms. The number of thiophene rings is 1. The van der Waals surface area contributed by atoms with Crippen LogP contribution in [0.2, 0.25) is 8.67 Å². The summed E-state index contributed by atoms with van der Waals surface area (Å²) in [6, 6.07) is 1.63. The van der Waals surface area contributed by atoms with Crippen molar-refractivity contribution >= 4 is 50.5 Å². The van der Waals surface area contributed by atoms with Crippen molar-refractivity contribution in [3.05, 3.63) is 49.9 Å². The summed E-state index contributed by atoms with van der Waals surface area (Å²) in [5.41, 5.74) is 5.78. The number of nitrogens with zero attached hydrogens (tertiary/aromatic N) is 2. The number of nitrogens with two attached hydrogens (primary N) is 1. The lowest BCUT2D eigenvalue weighted by Gasteiger charge is -2.34. The van der Waals surface area contributed by atoms with E-state index < -0.39 is 33.5 Å². The molecule has 31 heavy (non-hydrogen) atoms. The van der Waals surface area contributed by atoms with Gasteiger partial charge in [-0.05, 0) is 24.1 Å². The average Bonchev–Trinajstić information content (AvgIpc) is 3.05. The number of carbonyl (C=O) groups excluding carboxylic acids is 1. The first-order valence-corrected chi connectivity index (χ1v) is 12.1. The second kappa shape index (κ2) is 9.63. The van der Waals surface area contributed by atoms with E-state index in [9.17, 15) is 26.4 Å². The third-order valence-electron chi connectivity index (χ3n) is 4.84. The molecule has 170 valence electrons. The summed E-state index contributed by atoms with van der Waals surface area (Å²) >= 11 is 12.7. The molecule has 13 heteroatoms. The van der Waals surface area contributed by atoms with E-state index in [1.807, 2.05) is 0 Å². The van der Waals surface area contributed by atoms with Crippen molar-refractivity contribution in [2.45, 2.75) is 23.8 Å². The molecule has 1 saturated heterocycles. The van der Waals surface area contributed by atoms with Gasteiger partial charge in [-0.3, -0.25) is 4.79 Å². The van der Waals surface area contributed by atoms with E-state index in [1.165, 1.54) is 15.3 Å². The van der Waals surface area contributed by atoms with Crippen LogP contribution in [0.3, 0.4) is 0 Å². The van der Waals surface area contributed by atoms with Crippen molar-refractivity contribution in [2.75, 3.05) is 26.2 Å². The number of benzene rings is 1. The molecule has 3 rings (SSSR count). The van der Waals surface area contributed by atoms with Crippen LogP contribution in [0.1, 0.15) is 12.0 Å². The van der Waals surface area contributed by atoms with Crippen LogP contribution in [0.5, 0.6) is 0 Å². The molecule has 1 atom stereocenters. The average molecular weight is 516 g/mol. The molecule has 1 aromatic carbocycles. The van der Waals surface area contributed by atoms with E-state index in [4.69, 9.17) is 28.9 Å². The zero-order valence-electron chi connectivity index (χ0n) is 16.0. The van der Waals surface area contributed by atoms with Gasteiger partial charge in [0.25, 0.3) is 0 Å². The summed E-state index contributed by atoms with van der Waals surface area (Å²) in [7, 11) is -3.84. The summed E-state index contributed by atoms with van der Waals surface area (Å²) in [4.78, 5) is 13.9. The quantitative estimate of drug-likeness (QED) is 0.598. The minimum absolute atomic E-state index is 0.0604. The predicted octanol–water partition coefficient (Wildman–Crippen LogP) is 3.27. The maximum atomic E-state index is 13.8. The lowest BCUT2D eigenvalue weighted by molar-refractivity contribution is -0.132. The molecule has 1 aliphatic rings.